The number of hydrogen-bond acceptors (Lipinski definition) is 3. The van der Waals surface area contributed by atoms with Gasteiger partial charge in [-0.3, -0.25) is 4.79 Å². The second kappa shape index (κ2) is 6.16. The molecule has 5 heteroatoms. The number of oxime groups is 1. The molecule has 1 fully saturated rings. The Bertz CT molecular complexity index is 524. The van der Waals surface area contributed by atoms with Crippen molar-refractivity contribution in [3.05, 3.63) is 35.9 Å². The van der Waals surface area contributed by atoms with E-state index in [0.717, 1.165) is 18.4 Å². The van der Waals surface area contributed by atoms with Gasteiger partial charge in [-0.1, -0.05) is 42.4 Å². The molecule has 5 nitrogen and oxygen atoms in total. The van der Waals surface area contributed by atoms with Crippen molar-refractivity contribution < 1.29 is 10.0 Å². The predicted octanol–water partition coefficient (Wildman–Crippen LogP) is 1.95. The number of hydrogen-bond donors (Lipinski definition) is 2. The summed E-state index contributed by atoms with van der Waals surface area (Å²) in [7, 11) is 0. The SMILES string of the molecule is CCN(CC(C)C(N)=NO)C(=O)C1(c2ccccc2)CC1. The van der Waals surface area contributed by atoms with Crippen LogP contribution in [0.15, 0.2) is 35.5 Å². The minimum Gasteiger partial charge on any atom is -0.409 e. The Morgan fingerprint density at radius 3 is 2.52 bits per heavy atom. The minimum atomic E-state index is -0.359. The molecule has 21 heavy (non-hydrogen) atoms. The van der Waals surface area contributed by atoms with Gasteiger partial charge in [0.05, 0.1) is 5.41 Å². The van der Waals surface area contributed by atoms with E-state index >= 15 is 0 Å². The van der Waals surface area contributed by atoms with Crippen LogP contribution in [0.2, 0.25) is 0 Å². The van der Waals surface area contributed by atoms with Crippen LogP contribution in [0, 0.1) is 5.92 Å². The average Bonchev–Trinajstić information content (AvgIpc) is 3.33. The maximum absolute atomic E-state index is 12.9. The van der Waals surface area contributed by atoms with Crippen LogP contribution in [0.5, 0.6) is 0 Å². The number of rotatable bonds is 6. The van der Waals surface area contributed by atoms with E-state index in [9.17, 15) is 4.79 Å². The molecule has 1 aromatic carbocycles. The molecular formula is C16H23N3O2. The Kier molecular flexibility index (Phi) is 4.50. The van der Waals surface area contributed by atoms with Crippen LogP contribution in [0.3, 0.4) is 0 Å². The first-order valence-corrected chi connectivity index (χ1v) is 7.37. The lowest BCUT2D eigenvalue weighted by molar-refractivity contribution is -0.134. The highest BCUT2D eigenvalue weighted by molar-refractivity contribution is 5.92. The van der Waals surface area contributed by atoms with Crippen molar-refractivity contribution in [2.45, 2.75) is 32.1 Å². The normalized spacial score (nSPS) is 18.1. The van der Waals surface area contributed by atoms with Gasteiger partial charge in [0.25, 0.3) is 0 Å². The number of benzene rings is 1. The largest absolute Gasteiger partial charge is 0.409 e. The van der Waals surface area contributed by atoms with E-state index in [1.54, 1.807) is 0 Å². The molecule has 114 valence electrons. The van der Waals surface area contributed by atoms with Gasteiger partial charge in [0.2, 0.25) is 5.91 Å². The number of likely N-dealkylation sites (N-methyl/N-ethyl adjacent to an activating group) is 1. The summed E-state index contributed by atoms with van der Waals surface area (Å²) in [6.07, 6.45) is 1.79. The summed E-state index contributed by atoms with van der Waals surface area (Å²) >= 11 is 0. The van der Waals surface area contributed by atoms with E-state index in [4.69, 9.17) is 10.9 Å². The van der Waals surface area contributed by atoms with Gasteiger partial charge < -0.3 is 15.8 Å². The highest BCUT2D eigenvalue weighted by Gasteiger charge is 2.52. The molecular weight excluding hydrogens is 266 g/mol. The molecule has 1 aromatic rings. The minimum absolute atomic E-state index is 0.147. The van der Waals surface area contributed by atoms with Crippen LogP contribution >= 0.6 is 0 Å². The van der Waals surface area contributed by atoms with E-state index in [-0.39, 0.29) is 23.1 Å². The molecule has 3 N–H and O–H groups in total. The van der Waals surface area contributed by atoms with Crippen LogP contribution in [0.4, 0.5) is 0 Å². The lowest BCUT2D eigenvalue weighted by Crippen LogP contribution is -2.43. The maximum Gasteiger partial charge on any atom is 0.233 e. The number of amides is 1. The van der Waals surface area contributed by atoms with E-state index in [2.05, 4.69) is 5.16 Å². The summed E-state index contributed by atoms with van der Waals surface area (Å²) in [4.78, 5) is 14.7. The molecule has 0 aromatic heterocycles. The third-order valence-corrected chi connectivity index (χ3v) is 4.27. The summed E-state index contributed by atoms with van der Waals surface area (Å²) in [5, 5.41) is 11.8. The quantitative estimate of drug-likeness (QED) is 0.363. The zero-order valence-electron chi connectivity index (χ0n) is 12.6. The lowest BCUT2D eigenvalue weighted by atomic mass is 9.94. The van der Waals surface area contributed by atoms with Crippen molar-refractivity contribution >= 4 is 11.7 Å². The topological polar surface area (TPSA) is 78.9 Å². The highest BCUT2D eigenvalue weighted by Crippen LogP contribution is 2.49. The molecule has 1 aliphatic rings. The molecule has 0 spiro atoms. The molecule has 1 aliphatic carbocycles. The lowest BCUT2D eigenvalue weighted by Gasteiger charge is -2.28. The first-order chi connectivity index (χ1) is 10.0. The molecule has 1 atom stereocenters. The van der Waals surface area contributed by atoms with Crippen molar-refractivity contribution in [3.8, 4) is 0 Å². The Labute approximate surface area is 125 Å². The van der Waals surface area contributed by atoms with Gasteiger partial charge in [0, 0.05) is 19.0 Å². The van der Waals surface area contributed by atoms with E-state index in [0.29, 0.717) is 13.1 Å². The van der Waals surface area contributed by atoms with Crippen molar-refractivity contribution in [1.29, 1.82) is 0 Å². The van der Waals surface area contributed by atoms with Crippen LogP contribution in [0.25, 0.3) is 0 Å². The number of amidine groups is 1. The van der Waals surface area contributed by atoms with Crippen molar-refractivity contribution in [2.75, 3.05) is 13.1 Å². The number of carbonyl (C=O) groups excluding carboxylic acids is 1. The summed E-state index contributed by atoms with van der Waals surface area (Å²) in [5.74, 6) is 0.144. The molecule has 0 heterocycles. The van der Waals surface area contributed by atoms with Gasteiger partial charge in [0.15, 0.2) is 0 Å². The first kappa shape index (κ1) is 15.4. The summed E-state index contributed by atoms with van der Waals surface area (Å²) in [6, 6.07) is 9.94. The summed E-state index contributed by atoms with van der Waals surface area (Å²) < 4.78 is 0. The van der Waals surface area contributed by atoms with Crippen LogP contribution in [-0.2, 0) is 10.2 Å². The molecule has 1 amide bonds. The standard InChI is InChI=1S/C16H23N3O2/c1-3-19(11-12(2)14(17)18-21)15(20)16(9-10-16)13-7-5-4-6-8-13/h4-8,12,21H,3,9-11H2,1-2H3,(H2,17,18). The van der Waals surface area contributed by atoms with Gasteiger partial charge in [-0.2, -0.15) is 0 Å². The molecule has 1 unspecified atom stereocenters. The molecule has 0 saturated heterocycles. The molecule has 2 rings (SSSR count). The number of nitrogens with zero attached hydrogens (tertiary/aromatic N) is 2. The van der Waals surface area contributed by atoms with Crippen LogP contribution < -0.4 is 5.73 Å². The summed E-state index contributed by atoms with van der Waals surface area (Å²) in [6.45, 7) is 4.90. The van der Waals surface area contributed by atoms with E-state index in [1.807, 2.05) is 49.1 Å². The van der Waals surface area contributed by atoms with Gasteiger partial charge in [-0.15, -0.1) is 0 Å². The molecule has 0 aliphatic heterocycles. The number of carbonyl (C=O) groups is 1. The molecule has 1 saturated carbocycles. The highest BCUT2D eigenvalue weighted by atomic mass is 16.4. The Hall–Kier alpha value is -2.04. The zero-order valence-corrected chi connectivity index (χ0v) is 12.6. The smallest absolute Gasteiger partial charge is 0.233 e. The zero-order chi connectivity index (χ0) is 15.5. The fourth-order valence-electron chi connectivity index (χ4n) is 2.69. The molecule has 0 bridgehead atoms. The van der Waals surface area contributed by atoms with Gasteiger partial charge in [0.1, 0.15) is 5.84 Å². The Balaban J connectivity index is 2.14. The average molecular weight is 289 g/mol. The predicted molar refractivity (Wildman–Crippen MR) is 82.2 cm³/mol. The van der Waals surface area contributed by atoms with Gasteiger partial charge in [-0.05, 0) is 25.3 Å². The monoisotopic (exact) mass is 289 g/mol. The Morgan fingerprint density at radius 1 is 1.43 bits per heavy atom. The third-order valence-electron chi connectivity index (χ3n) is 4.27. The van der Waals surface area contributed by atoms with Crippen LogP contribution in [-0.4, -0.2) is 34.9 Å². The van der Waals surface area contributed by atoms with E-state index in [1.165, 1.54) is 0 Å². The second-order valence-corrected chi connectivity index (χ2v) is 5.72. The fraction of sp³-hybridized carbons (Fsp3) is 0.500. The van der Waals surface area contributed by atoms with E-state index < -0.39 is 0 Å². The van der Waals surface area contributed by atoms with Crippen molar-refractivity contribution in [3.63, 3.8) is 0 Å². The van der Waals surface area contributed by atoms with Gasteiger partial charge in [-0.25, -0.2) is 0 Å². The molecule has 0 radical (unpaired) electrons. The van der Waals surface area contributed by atoms with Crippen LogP contribution in [0.1, 0.15) is 32.3 Å². The van der Waals surface area contributed by atoms with Crippen molar-refractivity contribution in [2.24, 2.45) is 16.8 Å². The van der Waals surface area contributed by atoms with Gasteiger partial charge >= 0.3 is 0 Å². The second-order valence-electron chi connectivity index (χ2n) is 5.72. The first-order valence-electron chi connectivity index (χ1n) is 7.37. The summed E-state index contributed by atoms with van der Waals surface area (Å²) in [5.41, 5.74) is 6.35. The fourth-order valence-corrected chi connectivity index (χ4v) is 2.69. The third kappa shape index (κ3) is 3.01. The Morgan fingerprint density at radius 2 is 2.05 bits per heavy atom. The maximum atomic E-state index is 12.9. The van der Waals surface area contributed by atoms with Crippen molar-refractivity contribution in [1.82, 2.24) is 4.90 Å². The number of nitrogens with two attached hydrogens (primary N) is 1.